The van der Waals surface area contributed by atoms with Crippen molar-refractivity contribution in [1.29, 1.82) is 0 Å². The van der Waals surface area contributed by atoms with Crippen LogP contribution in [0, 0.1) is 5.92 Å². The van der Waals surface area contributed by atoms with Gasteiger partial charge in [0.15, 0.2) is 0 Å². The Hall–Kier alpha value is -2.94. The van der Waals surface area contributed by atoms with Crippen LogP contribution >= 0.6 is 0 Å². The molecule has 0 unspecified atom stereocenters. The Bertz CT molecular complexity index is 1230. The number of carbonyl (C=O) groups excluding carboxylic acids is 2. The maximum Gasteiger partial charge on any atom is 0.305 e. The van der Waals surface area contributed by atoms with Crippen molar-refractivity contribution in [1.82, 2.24) is 19.6 Å². The molecule has 1 aliphatic carbocycles. The van der Waals surface area contributed by atoms with Crippen LogP contribution in [-0.4, -0.2) is 108 Å². The summed E-state index contributed by atoms with van der Waals surface area (Å²) in [6, 6.07) is 16.5. The second-order valence-electron chi connectivity index (χ2n) is 12.8. The normalized spacial score (nSPS) is 23.1. The van der Waals surface area contributed by atoms with Gasteiger partial charge < -0.3 is 19.6 Å². The fourth-order valence-corrected chi connectivity index (χ4v) is 6.84. The molecule has 2 aliphatic heterocycles. The van der Waals surface area contributed by atoms with Crippen molar-refractivity contribution in [3.05, 3.63) is 65.2 Å². The van der Waals surface area contributed by atoms with Crippen LogP contribution in [-0.2, 0) is 9.53 Å². The molecule has 0 bridgehead atoms. The molecule has 3 aliphatic rings. The molecule has 0 aromatic heterocycles. The summed E-state index contributed by atoms with van der Waals surface area (Å²) in [5.41, 5.74) is 2.85. The van der Waals surface area contributed by atoms with Crippen LogP contribution in [0.3, 0.4) is 0 Å². The highest BCUT2D eigenvalue weighted by molar-refractivity contribution is 5.94. The number of aromatic hydroxyl groups is 1. The van der Waals surface area contributed by atoms with E-state index in [2.05, 4.69) is 46.7 Å². The molecule has 0 radical (unpaired) electrons. The quantitative estimate of drug-likeness (QED) is 0.378. The number of benzene rings is 2. The Morgan fingerprint density at radius 1 is 0.953 bits per heavy atom. The second-order valence-corrected chi connectivity index (χ2v) is 12.8. The molecule has 234 valence electrons. The largest absolute Gasteiger partial charge is 0.508 e. The van der Waals surface area contributed by atoms with E-state index in [0.717, 1.165) is 69.2 Å². The van der Waals surface area contributed by atoms with Gasteiger partial charge in [-0.25, -0.2) is 0 Å². The average molecular weight is 591 g/mol. The maximum absolute atomic E-state index is 13.8. The minimum Gasteiger partial charge on any atom is -0.508 e. The van der Waals surface area contributed by atoms with Crippen LogP contribution in [0.1, 0.15) is 80.4 Å². The smallest absolute Gasteiger partial charge is 0.305 e. The van der Waals surface area contributed by atoms with Gasteiger partial charge in [-0.2, -0.15) is 0 Å². The second kappa shape index (κ2) is 14.7. The van der Waals surface area contributed by atoms with Crippen molar-refractivity contribution >= 4 is 11.9 Å². The molecule has 2 heterocycles. The molecule has 1 saturated carbocycles. The van der Waals surface area contributed by atoms with E-state index in [9.17, 15) is 14.7 Å². The summed E-state index contributed by atoms with van der Waals surface area (Å²) in [5.74, 6) is 1.06. The Kier molecular flexibility index (Phi) is 10.8. The van der Waals surface area contributed by atoms with Gasteiger partial charge in [0.1, 0.15) is 5.75 Å². The molecular weight excluding hydrogens is 540 g/mol. The number of phenolic OH excluding ortho intramolecular Hbond substituents is 1. The summed E-state index contributed by atoms with van der Waals surface area (Å²) >= 11 is 0. The average Bonchev–Trinajstić information content (AvgIpc) is 3.83. The number of carbonyl (C=O) groups is 2. The van der Waals surface area contributed by atoms with Crippen molar-refractivity contribution in [2.45, 2.75) is 71.0 Å². The van der Waals surface area contributed by atoms with Gasteiger partial charge in [-0.15, -0.1) is 0 Å². The van der Waals surface area contributed by atoms with Crippen LogP contribution in [0.4, 0.5) is 0 Å². The van der Waals surface area contributed by atoms with Crippen LogP contribution in [0.5, 0.6) is 5.75 Å². The number of ether oxygens (including phenoxy) is 1. The molecule has 0 spiro atoms. The lowest BCUT2D eigenvalue weighted by Gasteiger charge is -2.48. The Morgan fingerprint density at radius 3 is 2.47 bits per heavy atom. The predicted molar refractivity (Wildman–Crippen MR) is 169 cm³/mol. The topological polar surface area (TPSA) is 76.6 Å². The summed E-state index contributed by atoms with van der Waals surface area (Å²) in [4.78, 5) is 35.1. The van der Waals surface area contributed by atoms with Gasteiger partial charge in [-0.05, 0) is 101 Å². The van der Waals surface area contributed by atoms with Gasteiger partial charge in [0, 0.05) is 63.3 Å². The lowest BCUT2D eigenvalue weighted by Crippen LogP contribution is -2.57. The highest BCUT2D eigenvalue weighted by atomic mass is 16.5. The van der Waals surface area contributed by atoms with Gasteiger partial charge in [-0.3, -0.25) is 19.4 Å². The van der Waals surface area contributed by atoms with E-state index in [-0.39, 0.29) is 23.7 Å². The maximum atomic E-state index is 13.8. The Labute approximate surface area is 257 Å². The van der Waals surface area contributed by atoms with E-state index in [1.807, 2.05) is 36.1 Å². The molecule has 3 fully saturated rings. The van der Waals surface area contributed by atoms with Crippen molar-refractivity contribution in [3.63, 3.8) is 0 Å². The third kappa shape index (κ3) is 8.37. The van der Waals surface area contributed by atoms with Crippen LogP contribution < -0.4 is 0 Å². The predicted octanol–water partition coefficient (Wildman–Crippen LogP) is 4.78. The van der Waals surface area contributed by atoms with Crippen LogP contribution in [0.2, 0.25) is 0 Å². The van der Waals surface area contributed by atoms with Crippen molar-refractivity contribution < 1.29 is 19.4 Å². The lowest BCUT2D eigenvalue weighted by atomic mass is 9.92. The van der Waals surface area contributed by atoms with Crippen LogP contribution in [0.25, 0.3) is 0 Å². The van der Waals surface area contributed by atoms with Gasteiger partial charge in [0.05, 0.1) is 12.6 Å². The summed E-state index contributed by atoms with van der Waals surface area (Å²) in [6.07, 6.45) is 4.85. The fourth-order valence-electron chi connectivity index (χ4n) is 6.84. The zero-order chi connectivity index (χ0) is 30.3. The van der Waals surface area contributed by atoms with Gasteiger partial charge in [0.25, 0.3) is 5.91 Å². The summed E-state index contributed by atoms with van der Waals surface area (Å²) in [7, 11) is 0. The van der Waals surface area contributed by atoms with Crippen LogP contribution in [0.15, 0.2) is 48.5 Å². The molecular formula is C35H50N4O4. The number of piperazine rings is 1. The lowest BCUT2D eigenvalue weighted by molar-refractivity contribution is -0.143. The van der Waals surface area contributed by atoms with E-state index >= 15 is 0 Å². The van der Waals surface area contributed by atoms with Crippen molar-refractivity contribution in [3.8, 4) is 5.75 Å². The minimum absolute atomic E-state index is 0.0561. The zero-order valence-corrected chi connectivity index (χ0v) is 26.3. The summed E-state index contributed by atoms with van der Waals surface area (Å²) < 4.78 is 5.06. The first kappa shape index (κ1) is 31.5. The molecule has 1 amide bonds. The number of phenols is 1. The summed E-state index contributed by atoms with van der Waals surface area (Å²) in [6.45, 7) is 14.0. The Balaban J connectivity index is 1.30. The summed E-state index contributed by atoms with van der Waals surface area (Å²) in [5, 5.41) is 10.4. The first-order valence-electron chi connectivity index (χ1n) is 16.4. The monoisotopic (exact) mass is 590 g/mol. The van der Waals surface area contributed by atoms with Crippen molar-refractivity contribution in [2.75, 3.05) is 59.0 Å². The molecule has 8 heteroatoms. The highest BCUT2D eigenvalue weighted by Gasteiger charge is 2.37. The number of rotatable bonds is 11. The zero-order valence-electron chi connectivity index (χ0n) is 26.3. The number of amides is 1. The van der Waals surface area contributed by atoms with E-state index < -0.39 is 0 Å². The first-order valence-corrected chi connectivity index (χ1v) is 16.4. The third-order valence-corrected chi connectivity index (χ3v) is 9.36. The SMILES string of the molecule is CCOC(=O)CCCN1CCCN(C(=O)c2cccc([C@H](c3cccc(O)c3)N3C[C@@H](C)N(CC4CC4)C[C@@H]3C)c2)CC1. The minimum atomic E-state index is -0.137. The molecule has 8 nitrogen and oxygen atoms in total. The van der Waals surface area contributed by atoms with E-state index in [4.69, 9.17) is 4.74 Å². The molecule has 2 aromatic carbocycles. The van der Waals surface area contributed by atoms with E-state index in [1.54, 1.807) is 6.07 Å². The molecule has 2 aromatic rings. The first-order chi connectivity index (χ1) is 20.8. The molecule has 2 saturated heterocycles. The van der Waals surface area contributed by atoms with Crippen molar-refractivity contribution in [2.24, 2.45) is 5.92 Å². The Morgan fingerprint density at radius 2 is 1.72 bits per heavy atom. The number of hydrogen-bond donors (Lipinski definition) is 1. The molecule has 1 N–H and O–H groups in total. The molecule has 5 rings (SSSR count). The fraction of sp³-hybridized carbons (Fsp3) is 0.600. The number of hydrogen-bond acceptors (Lipinski definition) is 7. The van der Waals surface area contributed by atoms with Gasteiger partial charge in [0.2, 0.25) is 0 Å². The third-order valence-electron chi connectivity index (χ3n) is 9.36. The standard InChI is InChI=1S/C35H50N4O4/c1-4-43-33(41)13-7-16-36-17-8-18-37(20-19-36)35(42)31-11-5-9-29(21-31)34(30-10-6-12-32(40)22-30)39-24-26(2)38(23-27(39)3)25-28-14-15-28/h5-6,9-12,21-22,26-28,34,40H,4,7-8,13-20,23-25H2,1-3H3/t26-,27+,34-/m1/s1. The number of nitrogens with zero attached hydrogens (tertiary/aromatic N) is 4. The highest BCUT2D eigenvalue weighted by Crippen LogP contribution is 2.37. The number of esters is 1. The van der Waals surface area contributed by atoms with Gasteiger partial charge in [-0.1, -0.05) is 24.3 Å². The van der Waals surface area contributed by atoms with Gasteiger partial charge >= 0.3 is 5.97 Å². The van der Waals surface area contributed by atoms with E-state index in [0.29, 0.717) is 37.2 Å². The molecule has 3 atom stereocenters. The molecule has 43 heavy (non-hydrogen) atoms. The van der Waals surface area contributed by atoms with E-state index in [1.165, 1.54) is 19.4 Å².